The number of halogens is 2. The molecule has 1 saturated heterocycles. The normalized spacial score (nSPS) is 16.2. The summed E-state index contributed by atoms with van der Waals surface area (Å²) in [6.07, 6.45) is 5.60. The standard InChI is InChI=1S/C15H16Br2N4/c16-13-8-12(9-18-10-13)11-20-4-6-21(7-5-20)15-14(17)2-1-3-19-15/h1-3,8-10H,4-7,11H2. The molecule has 0 atom stereocenters. The van der Waals surface area contributed by atoms with Gasteiger partial charge in [-0.2, -0.15) is 0 Å². The Morgan fingerprint density at radius 1 is 1.10 bits per heavy atom. The van der Waals surface area contributed by atoms with E-state index in [4.69, 9.17) is 0 Å². The molecule has 0 spiro atoms. The van der Waals surface area contributed by atoms with Crippen molar-refractivity contribution >= 4 is 37.7 Å². The van der Waals surface area contributed by atoms with E-state index in [0.717, 1.165) is 47.5 Å². The van der Waals surface area contributed by atoms with E-state index in [-0.39, 0.29) is 0 Å². The van der Waals surface area contributed by atoms with E-state index < -0.39 is 0 Å². The Balaban J connectivity index is 1.59. The van der Waals surface area contributed by atoms with Gasteiger partial charge in [0.05, 0.1) is 4.47 Å². The molecule has 21 heavy (non-hydrogen) atoms. The molecule has 0 aliphatic carbocycles. The highest BCUT2D eigenvalue weighted by Crippen LogP contribution is 2.24. The predicted octanol–water partition coefficient (Wildman–Crippen LogP) is 3.32. The van der Waals surface area contributed by atoms with Gasteiger partial charge in [0.25, 0.3) is 0 Å². The number of piperazine rings is 1. The minimum Gasteiger partial charge on any atom is -0.353 e. The summed E-state index contributed by atoms with van der Waals surface area (Å²) in [6.45, 7) is 5.02. The third kappa shape index (κ3) is 3.81. The summed E-state index contributed by atoms with van der Waals surface area (Å²) >= 11 is 7.05. The fourth-order valence-corrected chi connectivity index (χ4v) is 3.45. The second-order valence-electron chi connectivity index (χ2n) is 5.08. The molecular weight excluding hydrogens is 396 g/mol. The number of rotatable bonds is 3. The molecule has 0 saturated carbocycles. The Morgan fingerprint density at radius 3 is 2.62 bits per heavy atom. The molecule has 3 heterocycles. The van der Waals surface area contributed by atoms with Crippen LogP contribution in [0.2, 0.25) is 0 Å². The number of nitrogens with zero attached hydrogens (tertiary/aromatic N) is 4. The molecule has 0 aromatic carbocycles. The van der Waals surface area contributed by atoms with Gasteiger partial charge in [-0.1, -0.05) is 0 Å². The van der Waals surface area contributed by atoms with Crippen LogP contribution in [0.25, 0.3) is 0 Å². The number of aromatic nitrogens is 2. The van der Waals surface area contributed by atoms with Crippen molar-refractivity contribution in [3.05, 3.63) is 51.3 Å². The molecule has 0 amide bonds. The van der Waals surface area contributed by atoms with Crippen molar-refractivity contribution in [1.82, 2.24) is 14.9 Å². The van der Waals surface area contributed by atoms with Crippen molar-refractivity contribution in [3.8, 4) is 0 Å². The van der Waals surface area contributed by atoms with Gasteiger partial charge in [-0.05, 0) is 55.6 Å². The van der Waals surface area contributed by atoms with Gasteiger partial charge in [0.1, 0.15) is 5.82 Å². The lowest BCUT2D eigenvalue weighted by Crippen LogP contribution is -2.46. The van der Waals surface area contributed by atoms with Crippen LogP contribution in [0.5, 0.6) is 0 Å². The van der Waals surface area contributed by atoms with Gasteiger partial charge in [-0.15, -0.1) is 0 Å². The van der Waals surface area contributed by atoms with Crippen LogP contribution in [0.15, 0.2) is 45.7 Å². The van der Waals surface area contributed by atoms with Crippen molar-refractivity contribution in [2.24, 2.45) is 0 Å². The molecule has 1 fully saturated rings. The second kappa shape index (κ2) is 6.85. The molecule has 2 aromatic rings. The lowest BCUT2D eigenvalue weighted by Gasteiger charge is -2.35. The number of anilines is 1. The highest BCUT2D eigenvalue weighted by molar-refractivity contribution is 9.10. The topological polar surface area (TPSA) is 32.3 Å². The Hall–Kier alpha value is -0.980. The van der Waals surface area contributed by atoms with Crippen LogP contribution >= 0.6 is 31.9 Å². The average molecular weight is 412 g/mol. The van der Waals surface area contributed by atoms with Gasteiger partial charge in [-0.25, -0.2) is 4.98 Å². The number of hydrogen-bond donors (Lipinski definition) is 0. The van der Waals surface area contributed by atoms with E-state index in [9.17, 15) is 0 Å². The van der Waals surface area contributed by atoms with Gasteiger partial charge in [0, 0.05) is 55.8 Å². The molecule has 0 bridgehead atoms. The van der Waals surface area contributed by atoms with Crippen LogP contribution in [-0.4, -0.2) is 41.0 Å². The monoisotopic (exact) mass is 410 g/mol. The van der Waals surface area contributed by atoms with Gasteiger partial charge >= 0.3 is 0 Å². The zero-order valence-electron chi connectivity index (χ0n) is 11.5. The molecular formula is C15H16Br2N4. The quantitative estimate of drug-likeness (QED) is 0.775. The minimum atomic E-state index is 0.948. The minimum absolute atomic E-state index is 0.948. The van der Waals surface area contributed by atoms with Crippen molar-refractivity contribution in [3.63, 3.8) is 0 Å². The summed E-state index contributed by atoms with van der Waals surface area (Å²) in [5.41, 5.74) is 1.25. The van der Waals surface area contributed by atoms with Crippen molar-refractivity contribution in [2.45, 2.75) is 6.54 Å². The maximum absolute atomic E-state index is 4.47. The molecule has 2 aromatic heterocycles. The third-order valence-corrected chi connectivity index (χ3v) is 4.63. The number of hydrogen-bond acceptors (Lipinski definition) is 4. The molecule has 4 nitrogen and oxygen atoms in total. The Morgan fingerprint density at radius 2 is 1.90 bits per heavy atom. The second-order valence-corrected chi connectivity index (χ2v) is 6.85. The van der Waals surface area contributed by atoms with Crippen molar-refractivity contribution in [1.29, 1.82) is 0 Å². The molecule has 110 valence electrons. The lowest BCUT2D eigenvalue weighted by atomic mass is 10.2. The smallest absolute Gasteiger partial charge is 0.142 e. The molecule has 0 unspecified atom stereocenters. The zero-order chi connectivity index (χ0) is 14.7. The van der Waals surface area contributed by atoms with Crippen LogP contribution in [-0.2, 0) is 6.54 Å². The fourth-order valence-electron chi connectivity index (χ4n) is 2.53. The molecule has 1 aliphatic heterocycles. The third-order valence-electron chi connectivity index (χ3n) is 3.58. The van der Waals surface area contributed by atoms with Crippen molar-refractivity contribution in [2.75, 3.05) is 31.1 Å². The SMILES string of the molecule is Brc1cncc(CN2CCN(c3ncccc3Br)CC2)c1. The van der Waals surface area contributed by atoms with Crippen LogP contribution in [0.4, 0.5) is 5.82 Å². The fraction of sp³-hybridized carbons (Fsp3) is 0.333. The lowest BCUT2D eigenvalue weighted by molar-refractivity contribution is 0.249. The molecule has 6 heteroatoms. The van der Waals surface area contributed by atoms with E-state index in [1.54, 1.807) is 0 Å². The Labute approximate surface area is 141 Å². The Kier molecular flexibility index (Phi) is 4.87. The van der Waals surface area contributed by atoms with Gasteiger partial charge in [0.2, 0.25) is 0 Å². The van der Waals surface area contributed by atoms with Crippen LogP contribution in [0, 0.1) is 0 Å². The summed E-state index contributed by atoms with van der Waals surface area (Å²) in [5, 5.41) is 0. The highest BCUT2D eigenvalue weighted by atomic mass is 79.9. The first-order chi connectivity index (χ1) is 10.2. The van der Waals surface area contributed by atoms with Crippen LogP contribution < -0.4 is 4.90 Å². The zero-order valence-corrected chi connectivity index (χ0v) is 14.7. The summed E-state index contributed by atoms with van der Waals surface area (Å²) < 4.78 is 2.10. The van der Waals surface area contributed by atoms with E-state index in [2.05, 4.69) is 57.7 Å². The first kappa shape index (κ1) is 14.9. The number of pyridine rings is 2. The molecule has 1 aliphatic rings. The highest BCUT2D eigenvalue weighted by Gasteiger charge is 2.19. The van der Waals surface area contributed by atoms with E-state index >= 15 is 0 Å². The van der Waals surface area contributed by atoms with Crippen LogP contribution in [0.1, 0.15) is 5.56 Å². The predicted molar refractivity (Wildman–Crippen MR) is 91.4 cm³/mol. The summed E-state index contributed by atoms with van der Waals surface area (Å²) in [6, 6.07) is 6.13. The Bertz CT molecular complexity index is 612. The van der Waals surface area contributed by atoms with E-state index in [0.29, 0.717) is 0 Å². The van der Waals surface area contributed by atoms with Crippen molar-refractivity contribution < 1.29 is 0 Å². The summed E-state index contributed by atoms with van der Waals surface area (Å²) in [4.78, 5) is 13.5. The van der Waals surface area contributed by atoms with Gasteiger partial charge < -0.3 is 4.90 Å². The molecule has 3 rings (SSSR count). The van der Waals surface area contributed by atoms with Gasteiger partial charge in [0.15, 0.2) is 0 Å². The first-order valence-corrected chi connectivity index (χ1v) is 8.48. The van der Waals surface area contributed by atoms with Gasteiger partial charge in [-0.3, -0.25) is 9.88 Å². The molecule has 0 radical (unpaired) electrons. The first-order valence-electron chi connectivity index (χ1n) is 6.89. The van der Waals surface area contributed by atoms with E-state index in [1.165, 1.54) is 5.56 Å². The largest absolute Gasteiger partial charge is 0.353 e. The maximum atomic E-state index is 4.47. The average Bonchev–Trinajstić information content (AvgIpc) is 2.49. The van der Waals surface area contributed by atoms with Crippen LogP contribution in [0.3, 0.4) is 0 Å². The van der Waals surface area contributed by atoms with E-state index in [1.807, 2.05) is 30.7 Å². The maximum Gasteiger partial charge on any atom is 0.142 e. The molecule has 0 N–H and O–H groups in total. The summed E-state index contributed by atoms with van der Waals surface area (Å²) in [5.74, 6) is 1.04. The summed E-state index contributed by atoms with van der Waals surface area (Å²) in [7, 11) is 0.